The summed E-state index contributed by atoms with van der Waals surface area (Å²) >= 11 is 4.16. The minimum atomic E-state index is -4.68. The van der Waals surface area contributed by atoms with E-state index in [1.165, 1.54) is 31.2 Å². The molecule has 0 atom stereocenters. The zero-order valence-corrected chi connectivity index (χ0v) is 16.2. The number of carbonyl (C=O) groups excluding carboxylic acids is 1. The second-order valence-corrected chi connectivity index (χ2v) is 7.79. The van der Waals surface area contributed by atoms with Crippen LogP contribution in [-0.4, -0.2) is 24.0 Å². The van der Waals surface area contributed by atoms with Crippen LogP contribution in [0.25, 0.3) is 10.8 Å². The number of carbonyl (C=O) groups is 1. The Labute approximate surface area is 166 Å². The fraction of sp³-hybridized carbons (Fsp3) is 0.0556. The Morgan fingerprint density at radius 1 is 1.07 bits per heavy atom. The van der Waals surface area contributed by atoms with Crippen molar-refractivity contribution < 1.29 is 22.9 Å². The second-order valence-electron chi connectivity index (χ2n) is 5.88. The summed E-state index contributed by atoms with van der Waals surface area (Å²) in [5.41, 5.74) is 0.387. The Morgan fingerprint density at radius 3 is 2.36 bits per heavy atom. The Kier molecular flexibility index (Phi) is 5.36. The van der Waals surface area contributed by atoms with E-state index in [1.807, 2.05) is 0 Å². The van der Waals surface area contributed by atoms with E-state index in [0.29, 0.717) is 21.7 Å². The molecule has 0 aliphatic carbocycles. The quantitative estimate of drug-likeness (QED) is 0.283. The number of fused-ring (bicyclic) bond motifs is 1. The van der Waals surface area contributed by atoms with E-state index in [0.717, 1.165) is 0 Å². The van der Waals surface area contributed by atoms with Crippen molar-refractivity contribution in [1.29, 1.82) is 0 Å². The first-order valence-electron chi connectivity index (χ1n) is 7.91. The van der Waals surface area contributed by atoms with Crippen molar-refractivity contribution in [3.05, 3.63) is 48.5 Å². The molecule has 0 aliphatic heterocycles. The summed E-state index contributed by atoms with van der Waals surface area (Å²) in [7, 11) is -4.68. The first kappa shape index (κ1) is 19.8. The highest BCUT2D eigenvalue weighted by molar-refractivity contribution is 7.86. The first-order valence-corrected chi connectivity index (χ1v) is 9.79. The number of rotatable bonds is 4. The number of hydrogen-bond acceptors (Lipinski definition) is 7. The van der Waals surface area contributed by atoms with Gasteiger partial charge in [0.05, 0.1) is 5.69 Å². The smallest absolute Gasteiger partial charge is 0.296 e. The third-order valence-corrected chi connectivity index (χ3v) is 4.93. The van der Waals surface area contributed by atoms with Crippen molar-refractivity contribution in [2.24, 2.45) is 10.2 Å². The summed E-state index contributed by atoms with van der Waals surface area (Å²) in [5.74, 6) is -0.798. The maximum atomic E-state index is 11.8. The van der Waals surface area contributed by atoms with E-state index in [-0.39, 0.29) is 11.3 Å². The molecule has 0 saturated heterocycles. The Bertz CT molecular complexity index is 1210. The number of benzene rings is 3. The number of amides is 1. The van der Waals surface area contributed by atoms with Crippen LogP contribution in [0.15, 0.2) is 68.6 Å². The van der Waals surface area contributed by atoms with Gasteiger partial charge in [0.25, 0.3) is 10.1 Å². The number of nitrogens with one attached hydrogen (secondary N) is 1. The largest absolute Gasteiger partial charge is 0.505 e. The molecule has 3 aromatic rings. The lowest BCUT2D eigenvalue weighted by Crippen LogP contribution is -2.05. The van der Waals surface area contributed by atoms with Gasteiger partial charge in [-0.2, -0.15) is 13.5 Å². The zero-order valence-electron chi connectivity index (χ0n) is 14.5. The fourth-order valence-corrected chi connectivity index (χ4v) is 3.35. The summed E-state index contributed by atoms with van der Waals surface area (Å²) in [6.07, 6.45) is 0. The van der Waals surface area contributed by atoms with Crippen LogP contribution < -0.4 is 5.32 Å². The lowest BCUT2D eigenvalue weighted by molar-refractivity contribution is -0.114. The van der Waals surface area contributed by atoms with Gasteiger partial charge < -0.3 is 10.4 Å². The number of hydrogen-bond donors (Lipinski definition) is 4. The van der Waals surface area contributed by atoms with Crippen LogP contribution in [0, 0.1) is 0 Å². The van der Waals surface area contributed by atoms with Crippen LogP contribution in [0.2, 0.25) is 0 Å². The molecule has 3 rings (SSSR count). The Hall–Kier alpha value is -2.95. The maximum Gasteiger partial charge on any atom is 0.296 e. The first-order chi connectivity index (χ1) is 13.1. The molecular weight excluding hydrogens is 402 g/mol. The number of aromatic hydroxyl groups is 1. The number of anilines is 1. The van der Waals surface area contributed by atoms with Gasteiger partial charge in [-0.15, -0.1) is 17.7 Å². The lowest BCUT2D eigenvalue weighted by atomic mass is 10.1. The summed E-state index contributed by atoms with van der Waals surface area (Å²) < 4.78 is 33.1. The monoisotopic (exact) mass is 417 g/mol. The van der Waals surface area contributed by atoms with Gasteiger partial charge in [0, 0.05) is 22.9 Å². The average Bonchev–Trinajstić information content (AvgIpc) is 2.61. The third-order valence-electron chi connectivity index (χ3n) is 3.77. The summed E-state index contributed by atoms with van der Waals surface area (Å²) in [5, 5.41) is 21.5. The molecule has 0 spiro atoms. The predicted octanol–water partition coefficient (Wildman–Crippen LogP) is 4.45. The topological polar surface area (TPSA) is 128 Å². The molecule has 3 N–H and O–H groups in total. The van der Waals surface area contributed by atoms with Crippen LogP contribution in [-0.2, 0) is 14.9 Å². The Balaban J connectivity index is 2.20. The van der Waals surface area contributed by atoms with E-state index >= 15 is 0 Å². The van der Waals surface area contributed by atoms with Crippen LogP contribution in [0.5, 0.6) is 5.75 Å². The summed E-state index contributed by atoms with van der Waals surface area (Å²) in [6.45, 7) is 1.33. The van der Waals surface area contributed by atoms with E-state index in [1.54, 1.807) is 24.3 Å². The Morgan fingerprint density at radius 2 is 1.75 bits per heavy atom. The van der Waals surface area contributed by atoms with Gasteiger partial charge in [0.15, 0.2) is 5.75 Å². The standard InChI is InChI=1S/C18H15N3O5S2/c1-10(22)19-13-3-2-11-8-16(28(24,25)26)17(18(23)15(11)9-13)21-20-12-4-6-14(27)7-5-12/h2-9,23,27H,1H3,(H,19,22)(H,24,25,26). The maximum absolute atomic E-state index is 11.8. The van der Waals surface area contributed by atoms with Gasteiger partial charge in [-0.1, -0.05) is 6.07 Å². The minimum absolute atomic E-state index is 0.235. The van der Waals surface area contributed by atoms with E-state index < -0.39 is 26.5 Å². The predicted molar refractivity (Wildman–Crippen MR) is 108 cm³/mol. The SMILES string of the molecule is CC(=O)Nc1ccc2cc(S(=O)(=O)O)c(N=Nc3ccc(S)cc3)c(O)c2c1. The highest BCUT2D eigenvalue weighted by Crippen LogP contribution is 2.42. The molecule has 8 nitrogen and oxygen atoms in total. The van der Waals surface area contributed by atoms with Gasteiger partial charge in [0.2, 0.25) is 5.91 Å². The highest BCUT2D eigenvalue weighted by atomic mass is 32.2. The molecule has 10 heteroatoms. The van der Waals surface area contributed by atoms with Gasteiger partial charge in [-0.3, -0.25) is 9.35 Å². The molecule has 1 amide bonds. The van der Waals surface area contributed by atoms with Crippen LogP contribution >= 0.6 is 12.6 Å². The molecule has 28 heavy (non-hydrogen) atoms. The molecule has 0 saturated carbocycles. The van der Waals surface area contributed by atoms with Crippen LogP contribution in [0.3, 0.4) is 0 Å². The minimum Gasteiger partial charge on any atom is -0.505 e. The molecule has 0 fully saturated rings. The number of thiol groups is 1. The summed E-state index contributed by atoms with van der Waals surface area (Å²) in [6, 6.07) is 12.2. The molecule has 3 aromatic carbocycles. The number of phenols is 1. The van der Waals surface area contributed by atoms with Crippen molar-refractivity contribution in [3.8, 4) is 5.75 Å². The molecule has 0 heterocycles. The summed E-state index contributed by atoms with van der Waals surface area (Å²) in [4.78, 5) is 11.4. The van der Waals surface area contributed by atoms with E-state index in [4.69, 9.17) is 0 Å². The number of phenolic OH excluding ortho intramolecular Hbond substituents is 1. The van der Waals surface area contributed by atoms with E-state index in [9.17, 15) is 22.9 Å². The highest BCUT2D eigenvalue weighted by Gasteiger charge is 2.22. The van der Waals surface area contributed by atoms with Crippen molar-refractivity contribution in [1.82, 2.24) is 0 Å². The molecular formula is C18H15N3O5S2. The lowest BCUT2D eigenvalue weighted by Gasteiger charge is -2.10. The van der Waals surface area contributed by atoms with Gasteiger partial charge >= 0.3 is 0 Å². The molecule has 0 aromatic heterocycles. The van der Waals surface area contributed by atoms with Crippen molar-refractivity contribution in [3.63, 3.8) is 0 Å². The van der Waals surface area contributed by atoms with E-state index in [2.05, 4.69) is 28.2 Å². The molecule has 0 radical (unpaired) electrons. The van der Waals surface area contributed by atoms with Gasteiger partial charge in [0.1, 0.15) is 10.6 Å². The zero-order chi connectivity index (χ0) is 20.5. The normalized spacial score (nSPS) is 11.8. The van der Waals surface area contributed by atoms with Crippen molar-refractivity contribution >= 4 is 56.5 Å². The number of nitrogens with zero attached hydrogens (tertiary/aromatic N) is 2. The molecule has 0 bridgehead atoms. The van der Waals surface area contributed by atoms with Crippen LogP contribution in [0.1, 0.15) is 6.92 Å². The van der Waals surface area contributed by atoms with Crippen molar-refractivity contribution in [2.75, 3.05) is 5.32 Å². The molecule has 144 valence electrons. The van der Waals surface area contributed by atoms with Gasteiger partial charge in [-0.25, -0.2) is 0 Å². The molecule has 0 aliphatic rings. The third kappa shape index (κ3) is 4.30. The van der Waals surface area contributed by atoms with Gasteiger partial charge in [-0.05, 0) is 47.9 Å². The second kappa shape index (κ2) is 7.58. The number of azo groups is 1. The molecule has 0 unspecified atom stereocenters. The average molecular weight is 417 g/mol. The van der Waals surface area contributed by atoms with Crippen LogP contribution in [0.4, 0.5) is 17.1 Å². The van der Waals surface area contributed by atoms with Crippen molar-refractivity contribution in [2.45, 2.75) is 16.7 Å². The fourth-order valence-electron chi connectivity index (χ4n) is 2.54.